The molecule has 1 unspecified atom stereocenters. The molecule has 0 radical (unpaired) electrons. The summed E-state index contributed by atoms with van der Waals surface area (Å²) in [5, 5.41) is 8.04. The van der Waals surface area contributed by atoms with Gasteiger partial charge in [0, 0.05) is 31.9 Å². The molecule has 1 aliphatic rings. The molecule has 1 aromatic heterocycles. The topological polar surface area (TPSA) is 37.2 Å². The maximum Gasteiger partial charge on any atom is 0.146 e. The van der Waals surface area contributed by atoms with E-state index in [0.717, 1.165) is 37.6 Å². The van der Waals surface area contributed by atoms with Gasteiger partial charge < -0.3 is 9.47 Å². The number of hydrogen-bond donors (Lipinski definition) is 0. The van der Waals surface area contributed by atoms with Crippen LogP contribution in [0.15, 0.2) is 30.6 Å². The molecule has 0 N–H and O–H groups in total. The SMILES string of the molecule is CN(Cc1nncn1C)C1CCN(c2ccc(F)cc2)C1. The van der Waals surface area contributed by atoms with E-state index in [1.807, 2.05) is 23.7 Å². The Hall–Kier alpha value is -1.95. The van der Waals surface area contributed by atoms with E-state index < -0.39 is 0 Å². The molecule has 1 aliphatic heterocycles. The molecule has 5 nitrogen and oxygen atoms in total. The van der Waals surface area contributed by atoms with Gasteiger partial charge >= 0.3 is 0 Å². The van der Waals surface area contributed by atoms with Crippen molar-refractivity contribution in [1.82, 2.24) is 19.7 Å². The first-order chi connectivity index (χ1) is 10.1. The van der Waals surface area contributed by atoms with Gasteiger partial charge in [0.1, 0.15) is 18.0 Å². The summed E-state index contributed by atoms with van der Waals surface area (Å²) in [5.41, 5.74) is 1.09. The fraction of sp³-hybridized carbons (Fsp3) is 0.467. The molecule has 1 saturated heterocycles. The molecule has 2 heterocycles. The third-order valence-corrected chi connectivity index (χ3v) is 4.17. The first-order valence-corrected chi connectivity index (χ1v) is 7.17. The number of anilines is 1. The van der Waals surface area contributed by atoms with Gasteiger partial charge in [-0.05, 0) is 37.7 Å². The van der Waals surface area contributed by atoms with Crippen molar-refractivity contribution in [2.45, 2.75) is 19.0 Å². The second-order valence-corrected chi connectivity index (χ2v) is 5.64. The first-order valence-electron chi connectivity index (χ1n) is 7.17. The summed E-state index contributed by atoms with van der Waals surface area (Å²) in [6.45, 7) is 2.75. The highest BCUT2D eigenvalue weighted by molar-refractivity contribution is 5.47. The normalized spacial score (nSPS) is 18.7. The Morgan fingerprint density at radius 3 is 2.76 bits per heavy atom. The highest BCUT2D eigenvalue weighted by atomic mass is 19.1. The fourth-order valence-electron chi connectivity index (χ4n) is 2.79. The van der Waals surface area contributed by atoms with E-state index in [4.69, 9.17) is 0 Å². The molecular weight excluding hydrogens is 269 g/mol. The molecule has 112 valence electrons. The van der Waals surface area contributed by atoms with Gasteiger partial charge in [-0.25, -0.2) is 4.39 Å². The van der Waals surface area contributed by atoms with Gasteiger partial charge in [0.25, 0.3) is 0 Å². The van der Waals surface area contributed by atoms with Crippen LogP contribution in [-0.2, 0) is 13.6 Å². The quantitative estimate of drug-likeness (QED) is 0.858. The molecule has 21 heavy (non-hydrogen) atoms. The summed E-state index contributed by atoms with van der Waals surface area (Å²) < 4.78 is 14.9. The lowest BCUT2D eigenvalue weighted by atomic mass is 10.2. The number of likely N-dealkylation sites (N-methyl/N-ethyl adjacent to an activating group) is 1. The van der Waals surface area contributed by atoms with Crippen LogP contribution in [0.25, 0.3) is 0 Å². The number of nitrogens with zero attached hydrogens (tertiary/aromatic N) is 5. The second-order valence-electron chi connectivity index (χ2n) is 5.64. The molecule has 1 fully saturated rings. The number of aromatic nitrogens is 3. The lowest BCUT2D eigenvalue weighted by Crippen LogP contribution is -2.34. The van der Waals surface area contributed by atoms with Crippen LogP contribution in [0.2, 0.25) is 0 Å². The molecule has 1 atom stereocenters. The van der Waals surface area contributed by atoms with E-state index in [2.05, 4.69) is 27.0 Å². The number of benzene rings is 1. The summed E-state index contributed by atoms with van der Waals surface area (Å²) in [6.07, 6.45) is 2.83. The van der Waals surface area contributed by atoms with Crippen LogP contribution in [0, 0.1) is 5.82 Å². The van der Waals surface area contributed by atoms with Gasteiger partial charge in [-0.15, -0.1) is 10.2 Å². The largest absolute Gasteiger partial charge is 0.370 e. The van der Waals surface area contributed by atoms with Crippen molar-refractivity contribution < 1.29 is 4.39 Å². The van der Waals surface area contributed by atoms with E-state index in [1.54, 1.807) is 6.33 Å². The minimum Gasteiger partial charge on any atom is -0.370 e. The average molecular weight is 289 g/mol. The lowest BCUT2D eigenvalue weighted by molar-refractivity contribution is 0.242. The Bertz CT molecular complexity index is 594. The molecule has 0 amide bonds. The van der Waals surface area contributed by atoms with Crippen LogP contribution in [0.3, 0.4) is 0 Å². The number of hydrogen-bond acceptors (Lipinski definition) is 4. The van der Waals surface area contributed by atoms with Crippen molar-refractivity contribution in [2.24, 2.45) is 7.05 Å². The highest BCUT2D eigenvalue weighted by Crippen LogP contribution is 2.23. The molecule has 0 bridgehead atoms. The monoisotopic (exact) mass is 289 g/mol. The zero-order valence-corrected chi connectivity index (χ0v) is 12.4. The predicted molar refractivity (Wildman–Crippen MR) is 79.5 cm³/mol. The first kappa shape index (κ1) is 14.0. The predicted octanol–water partition coefficient (Wildman–Crippen LogP) is 1.66. The average Bonchev–Trinajstić information content (AvgIpc) is 3.10. The van der Waals surface area contributed by atoms with Gasteiger partial charge in [-0.2, -0.15) is 0 Å². The Kier molecular flexibility index (Phi) is 3.88. The van der Waals surface area contributed by atoms with Gasteiger partial charge in [0.2, 0.25) is 0 Å². The van der Waals surface area contributed by atoms with Gasteiger partial charge in [-0.3, -0.25) is 4.90 Å². The summed E-state index contributed by atoms with van der Waals surface area (Å²) in [7, 11) is 4.08. The lowest BCUT2D eigenvalue weighted by Gasteiger charge is -2.24. The van der Waals surface area contributed by atoms with Gasteiger partial charge in [0.05, 0.1) is 6.54 Å². The maximum atomic E-state index is 13.0. The van der Waals surface area contributed by atoms with E-state index >= 15 is 0 Å². The van der Waals surface area contributed by atoms with Crippen molar-refractivity contribution in [3.05, 3.63) is 42.2 Å². The van der Waals surface area contributed by atoms with Gasteiger partial charge in [-0.1, -0.05) is 0 Å². The molecule has 6 heteroatoms. The molecule has 0 saturated carbocycles. The molecule has 0 spiro atoms. The van der Waals surface area contributed by atoms with Gasteiger partial charge in [0.15, 0.2) is 0 Å². The van der Waals surface area contributed by atoms with Crippen LogP contribution in [-0.4, -0.2) is 45.8 Å². The van der Waals surface area contributed by atoms with Crippen molar-refractivity contribution in [2.75, 3.05) is 25.0 Å². The standard InChI is InChI=1S/C15H20FN5/c1-19(10-15-18-17-11-20(15)2)14-7-8-21(9-14)13-5-3-12(16)4-6-13/h3-6,11,14H,7-10H2,1-2H3. The fourth-order valence-corrected chi connectivity index (χ4v) is 2.79. The Labute approximate surface area is 124 Å². The van der Waals surface area contributed by atoms with E-state index in [9.17, 15) is 4.39 Å². The van der Waals surface area contributed by atoms with Crippen LogP contribution < -0.4 is 4.90 Å². The minimum absolute atomic E-state index is 0.186. The number of aryl methyl sites for hydroxylation is 1. The number of rotatable bonds is 4. The highest BCUT2D eigenvalue weighted by Gasteiger charge is 2.26. The third kappa shape index (κ3) is 3.05. The molecule has 1 aromatic carbocycles. The van der Waals surface area contributed by atoms with Crippen molar-refractivity contribution in [1.29, 1.82) is 0 Å². The van der Waals surface area contributed by atoms with Crippen molar-refractivity contribution in [3.63, 3.8) is 0 Å². The van der Waals surface area contributed by atoms with Crippen LogP contribution >= 0.6 is 0 Å². The Balaban J connectivity index is 1.61. The molecular formula is C15H20FN5. The van der Waals surface area contributed by atoms with E-state index in [1.165, 1.54) is 12.1 Å². The third-order valence-electron chi connectivity index (χ3n) is 4.17. The molecule has 3 rings (SSSR count). The van der Waals surface area contributed by atoms with E-state index in [-0.39, 0.29) is 5.82 Å². The van der Waals surface area contributed by atoms with Crippen molar-refractivity contribution in [3.8, 4) is 0 Å². The summed E-state index contributed by atoms with van der Waals surface area (Å²) in [5.74, 6) is 0.784. The Morgan fingerprint density at radius 1 is 1.33 bits per heavy atom. The zero-order valence-electron chi connectivity index (χ0n) is 12.4. The molecule has 2 aromatic rings. The zero-order chi connectivity index (χ0) is 14.8. The summed E-state index contributed by atoms with van der Waals surface area (Å²) in [6, 6.07) is 7.21. The van der Waals surface area contributed by atoms with E-state index in [0.29, 0.717) is 6.04 Å². The van der Waals surface area contributed by atoms with Crippen molar-refractivity contribution >= 4 is 5.69 Å². The smallest absolute Gasteiger partial charge is 0.146 e. The molecule has 0 aliphatic carbocycles. The summed E-state index contributed by atoms with van der Waals surface area (Å²) in [4.78, 5) is 4.62. The summed E-state index contributed by atoms with van der Waals surface area (Å²) >= 11 is 0. The maximum absolute atomic E-state index is 13.0. The van der Waals surface area contributed by atoms with Crippen LogP contribution in [0.1, 0.15) is 12.2 Å². The minimum atomic E-state index is -0.186. The van der Waals surface area contributed by atoms with Crippen LogP contribution in [0.4, 0.5) is 10.1 Å². The number of halogens is 1. The Morgan fingerprint density at radius 2 is 2.10 bits per heavy atom. The van der Waals surface area contributed by atoms with Crippen LogP contribution in [0.5, 0.6) is 0 Å². The second kappa shape index (κ2) is 5.81.